The molecule has 0 amide bonds. The minimum Gasteiger partial charge on any atom is -1.00 e. The van der Waals surface area contributed by atoms with Crippen molar-refractivity contribution in [2.24, 2.45) is 5.10 Å². The minimum atomic E-state index is 0. The second-order valence-electron chi connectivity index (χ2n) is 5.42. The maximum absolute atomic E-state index is 6.01. The second kappa shape index (κ2) is 9.45. The van der Waals surface area contributed by atoms with Gasteiger partial charge in [-0.05, 0) is 42.3 Å². The van der Waals surface area contributed by atoms with Crippen molar-refractivity contribution in [1.82, 2.24) is 14.9 Å². The summed E-state index contributed by atoms with van der Waals surface area (Å²) in [5, 5.41) is 12.8. The number of nitrogens with two attached hydrogens (primary N) is 1. The number of hydrogen-bond acceptors (Lipinski definition) is 6. The molecule has 0 bridgehead atoms. The molecule has 3 rings (SSSR count). The summed E-state index contributed by atoms with van der Waals surface area (Å²) in [4.78, 5) is 0. The Hall–Kier alpha value is -2.48. The molecule has 0 aliphatic rings. The zero-order valence-electron chi connectivity index (χ0n) is 14.2. The topological polar surface area (TPSA) is 90.4 Å². The van der Waals surface area contributed by atoms with E-state index < -0.39 is 0 Å². The van der Waals surface area contributed by atoms with E-state index in [2.05, 4.69) is 20.7 Å². The van der Waals surface area contributed by atoms with E-state index in [1.165, 1.54) is 4.68 Å². The third-order valence-electron chi connectivity index (χ3n) is 3.49. The van der Waals surface area contributed by atoms with Crippen molar-refractivity contribution in [3.05, 3.63) is 69.5 Å². The lowest BCUT2D eigenvalue weighted by Crippen LogP contribution is -3.00. The monoisotopic (exact) mass is 425 g/mol. The van der Waals surface area contributed by atoms with Crippen LogP contribution in [0.15, 0.2) is 47.6 Å². The molecule has 0 spiro atoms. The normalized spacial score (nSPS) is 10.6. The summed E-state index contributed by atoms with van der Waals surface area (Å²) in [6.07, 6.45) is 1.63. The minimum absolute atomic E-state index is 0. The Morgan fingerprint density at radius 3 is 2.70 bits per heavy atom. The highest BCUT2D eigenvalue weighted by Crippen LogP contribution is 2.23. The molecule has 2 aromatic carbocycles. The van der Waals surface area contributed by atoms with Crippen molar-refractivity contribution < 1.29 is 17.1 Å². The molecule has 0 aliphatic carbocycles. The zero-order chi connectivity index (χ0) is 18.5. The fraction of sp³-hybridized carbons (Fsp3) is 0.118. The molecule has 1 heterocycles. The van der Waals surface area contributed by atoms with Gasteiger partial charge >= 0.3 is 0 Å². The molecule has 0 atom stereocenters. The van der Waals surface area contributed by atoms with Gasteiger partial charge in [0.05, 0.1) is 16.3 Å². The Labute approximate surface area is 172 Å². The first-order valence-corrected chi connectivity index (χ1v) is 8.41. The third-order valence-corrected chi connectivity index (χ3v) is 4.23. The Balaban J connectivity index is 0.00000261. The van der Waals surface area contributed by atoms with E-state index in [-0.39, 0.29) is 12.4 Å². The van der Waals surface area contributed by atoms with E-state index in [0.717, 1.165) is 11.1 Å². The van der Waals surface area contributed by atoms with Crippen LogP contribution in [0, 0.1) is 6.92 Å². The molecule has 0 saturated heterocycles. The average Bonchev–Trinajstić information content (AvgIpc) is 2.95. The summed E-state index contributed by atoms with van der Waals surface area (Å²) < 4.78 is 7.10. The lowest BCUT2D eigenvalue weighted by atomic mass is 10.2. The zero-order valence-corrected chi connectivity index (χ0v) is 16.5. The number of anilines is 1. The first-order chi connectivity index (χ1) is 12.5. The molecule has 10 heteroatoms. The molecule has 0 aliphatic heterocycles. The van der Waals surface area contributed by atoms with Crippen LogP contribution in [0.5, 0.6) is 5.75 Å². The van der Waals surface area contributed by atoms with Gasteiger partial charge in [0.15, 0.2) is 5.82 Å². The number of nitrogens with one attached hydrogen (secondary N) is 1. The van der Waals surface area contributed by atoms with Crippen LogP contribution < -0.4 is 28.4 Å². The fourth-order valence-electron chi connectivity index (χ4n) is 2.09. The van der Waals surface area contributed by atoms with Crippen LogP contribution in [-0.2, 0) is 6.61 Å². The molecule has 3 N–H and O–H groups in total. The molecule has 27 heavy (non-hydrogen) atoms. The molecule has 142 valence electrons. The number of aromatic nitrogens is 3. The van der Waals surface area contributed by atoms with Gasteiger partial charge in [-0.3, -0.25) is 0 Å². The molecule has 1 aromatic heterocycles. The van der Waals surface area contributed by atoms with Gasteiger partial charge < -0.3 is 23.0 Å². The molecule has 0 unspecified atom stereocenters. The quantitative estimate of drug-likeness (QED) is 0.343. The predicted molar refractivity (Wildman–Crippen MR) is 103 cm³/mol. The highest BCUT2D eigenvalue weighted by atomic mass is 35.5. The van der Waals surface area contributed by atoms with E-state index >= 15 is 0 Å². The summed E-state index contributed by atoms with van der Waals surface area (Å²) in [5.74, 6) is 7.38. The summed E-state index contributed by atoms with van der Waals surface area (Å²) in [5.41, 5.74) is 4.52. The number of benzene rings is 2. The number of ether oxygens (including phenoxy) is 1. The summed E-state index contributed by atoms with van der Waals surface area (Å²) >= 11 is 11.9. The van der Waals surface area contributed by atoms with Gasteiger partial charge in [0.1, 0.15) is 12.4 Å². The Kier molecular flexibility index (Phi) is 7.29. The summed E-state index contributed by atoms with van der Waals surface area (Å²) in [6, 6.07) is 12.9. The smallest absolute Gasteiger partial charge is 0.263 e. The number of hydrazone groups is 1. The Morgan fingerprint density at radius 1 is 1.19 bits per heavy atom. The average molecular weight is 427 g/mol. The van der Waals surface area contributed by atoms with Crippen molar-refractivity contribution in [3.63, 3.8) is 0 Å². The molecule has 0 fully saturated rings. The highest BCUT2D eigenvalue weighted by molar-refractivity contribution is 6.42. The maximum Gasteiger partial charge on any atom is 0.263 e. The lowest BCUT2D eigenvalue weighted by Gasteiger charge is -2.08. The molecule has 3 aromatic rings. The van der Waals surface area contributed by atoms with Crippen LogP contribution in [0.4, 0.5) is 5.95 Å². The largest absolute Gasteiger partial charge is 1.00 e. The van der Waals surface area contributed by atoms with Gasteiger partial charge in [-0.15, -0.1) is 10.2 Å². The van der Waals surface area contributed by atoms with Crippen molar-refractivity contribution in [1.29, 1.82) is 0 Å². The number of halogens is 3. The fourth-order valence-corrected chi connectivity index (χ4v) is 2.41. The number of hydrogen-bond donors (Lipinski definition) is 2. The van der Waals surface area contributed by atoms with Crippen molar-refractivity contribution in [2.45, 2.75) is 13.5 Å². The maximum atomic E-state index is 6.01. The van der Waals surface area contributed by atoms with Crippen LogP contribution in [0.3, 0.4) is 0 Å². The van der Waals surface area contributed by atoms with Gasteiger partial charge in [0.25, 0.3) is 5.95 Å². The number of nitrogens with zero attached hydrogens (tertiary/aromatic N) is 4. The van der Waals surface area contributed by atoms with Crippen molar-refractivity contribution in [2.75, 3.05) is 11.3 Å². The van der Waals surface area contributed by atoms with E-state index in [1.54, 1.807) is 25.3 Å². The van der Waals surface area contributed by atoms with Crippen LogP contribution in [0.25, 0.3) is 0 Å². The van der Waals surface area contributed by atoms with Crippen LogP contribution in [0.2, 0.25) is 10.0 Å². The Bertz CT molecular complexity index is 944. The van der Waals surface area contributed by atoms with Crippen LogP contribution in [-0.4, -0.2) is 21.1 Å². The van der Waals surface area contributed by atoms with Crippen molar-refractivity contribution in [3.8, 4) is 5.75 Å². The first kappa shape index (κ1) is 20.8. The van der Waals surface area contributed by atoms with Crippen LogP contribution in [0.1, 0.15) is 17.0 Å². The first-order valence-electron chi connectivity index (χ1n) is 7.66. The van der Waals surface area contributed by atoms with Crippen molar-refractivity contribution >= 4 is 35.4 Å². The van der Waals surface area contributed by atoms with Gasteiger partial charge in [-0.25, -0.2) is 10.1 Å². The van der Waals surface area contributed by atoms with E-state index in [1.807, 2.05) is 30.3 Å². The molecular formula is C17H16Cl3N6O-. The van der Waals surface area contributed by atoms with E-state index in [9.17, 15) is 0 Å². The van der Waals surface area contributed by atoms with E-state index in [0.29, 0.717) is 34.2 Å². The SMILES string of the molecule is Cc1nnc(NN=Cc2cccc(OCc3ccc(Cl)c(Cl)c3)c2)n1N.[Cl-]. The van der Waals surface area contributed by atoms with E-state index in [4.69, 9.17) is 33.8 Å². The van der Waals surface area contributed by atoms with Gasteiger partial charge in [0, 0.05) is 0 Å². The van der Waals surface area contributed by atoms with Crippen LogP contribution >= 0.6 is 23.2 Å². The second-order valence-corrected chi connectivity index (χ2v) is 6.23. The third kappa shape index (κ3) is 5.50. The predicted octanol–water partition coefficient (Wildman–Crippen LogP) is 0.636. The standard InChI is InChI=1S/C17H16Cl2N6O.ClH/c1-11-22-24-17(25(11)20)23-21-9-12-3-2-4-14(7-12)26-10-13-5-6-15(18)16(19)8-13;/h2-9H,10,20H2,1H3,(H,23,24);1H/p-1. The number of nitrogen functional groups attached to an aromatic ring is 1. The summed E-state index contributed by atoms with van der Waals surface area (Å²) in [6.45, 7) is 2.13. The molecular weight excluding hydrogens is 411 g/mol. The van der Waals surface area contributed by atoms with Gasteiger partial charge in [-0.1, -0.05) is 41.4 Å². The molecule has 7 nitrogen and oxygen atoms in total. The Morgan fingerprint density at radius 2 is 2.00 bits per heavy atom. The molecule has 0 radical (unpaired) electrons. The van der Waals surface area contributed by atoms with Gasteiger partial charge in [0.2, 0.25) is 0 Å². The summed E-state index contributed by atoms with van der Waals surface area (Å²) in [7, 11) is 0. The number of aryl methyl sites for hydroxylation is 1. The lowest BCUT2D eigenvalue weighted by molar-refractivity contribution is -0.00000565. The highest BCUT2D eigenvalue weighted by Gasteiger charge is 2.03. The molecule has 0 saturated carbocycles. The number of rotatable bonds is 6. The van der Waals surface area contributed by atoms with Gasteiger partial charge in [-0.2, -0.15) is 5.10 Å².